The Bertz CT molecular complexity index is 690. The number of pyridine rings is 1. The molecule has 0 aliphatic carbocycles. The molecule has 0 amide bonds. The van der Waals surface area contributed by atoms with Crippen LogP contribution < -0.4 is 0 Å². The summed E-state index contributed by atoms with van der Waals surface area (Å²) in [4.78, 5) is 6.63. The molecule has 0 aromatic carbocycles. The molecule has 1 spiro atoms. The maximum Gasteiger partial charge on any atom is 0.0841 e. The highest BCUT2D eigenvalue weighted by molar-refractivity contribution is 5.07. The van der Waals surface area contributed by atoms with Gasteiger partial charge < -0.3 is 9.47 Å². The highest BCUT2D eigenvalue weighted by Gasteiger charge is 2.43. The summed E-state index contributed by atoms with van der Waals surface area (Å²) in [6.07, 6.45) is 11.2. The Kier molecular flexibility index (Phi) is 4.83. The summed E-state index contributed by atoms with van der Waals surface area (Å²) in [7, 11) is 1.96. The number of hydrogen-bond acceptors (Lipinski definition) is 5. The third kappa shape index (κ3) is 4.08. The van der Waals surface area contributed by atoms with Crippen LogP contribution >= 0.6 is 0 Å². The van der Waals surface area contributed by atoms with E-state index in [4.69, 9.17) is 9.47 Å². The molecule has 25 heavy (non-hydrogen) atoms. The molecule has 2 saturated heterocycles. The van der Waals surface area contributed by atoms with Gasteiger partial charge in [-0.1, -0.05) is 6.07 Å². The van der Waals surface area contributed by atoms with Gasteiger partial charge in [-0.05, 0) is 31.0 Å². The summed E-state index contributed by atoms with van der Waals surface area (Å²) in [5.41, 5.74) is 2.34. The lowest BCUT2D eigenvalue weighted by atomic mass is 9.89. The molecule has 0 bridgehead atoms. The van der Waals surface area contributed by atoms with Crippen molar-refractivity contribution in [1.82, 2.24) is 19.7 Å². The molecule has 6 heteroatoms. The van der Waals surface area contributed by atoms with Crippen LogP contribution in [0.2, 0.25) is 0 Å². The van der Waals surface area contributed by atoms with Crippen LogP contribution in [0.15, 0.2) is 36.9 Å². The van der Waals surface area contributed by atoms with E-state index >= 15 is 0 Å². The molecule has 0 unspecified atom stereocenters. The number of piperidine rings is 1. The minimum atomic E-state index is -0.0416. The van der Waals surface area contributed by atoms with Crippen molar-refractivity contribution in [2.75, 3.05) is 19.7 Å². The second-order valence-corrected chi connectivity index (χ2v) is 7.33. The minimum Gasteiger partial charge on any atom is -0.371 e. The average Bonchev–Trinajstić information content (AvgIpc) is 3.20. The van der Waals surface area contributed by atoms with Crippen LogP contribution in [0, 0.1) is 0 Å². The van der Waals surface area contributed by atoms with Crippen LogP contribution in [0.25, 0.3) is 0 Å². The molecule has 2 atom stereocenters. The molecule has 4 heterocycles. The first-order valence-corrected chi connectivity index (χ1v) is 9.05. The van der Waals surface area contributed by atoms with Crippen LogP contribution in [0.1, 0.15) is 30.4 Å². The third-order valence-corrected chi connectivity index (χ3v) is 5.17. The number of aromatic nitrogens is 3. The molecule has 2 aliphatic heterocycles. The van der Waals surface area contributed by atoms with Gasteiger partial charge in [0.2, 0.25) is 0 Å². The van der Waals surface area contributed by atoms with E-state index in [1.165, 1.54) is 12.0 Å². The lowest BCUT2D eigenvalue weighted by Crippen LogP contribution is -2.47. The van der Waals surface area contributed by atoms with Gasteiger partial charge in [-0.2, -0.15) is 5.10 Å². The van der Waals surface area contributed by atoms with E-state index in [2.05, 4.69) is 27.2 Å². The summed E-state index contributed by atoms with van der Waals surface area (Å²) in [6, 6.07) is 4.00. The Balaban J connectivity index is 1.31. The topological polar surface area (TPSA) is 52.4 Å². The highest BCUT2D eigenvalue weighted by atomic mass is 16.6. The highest BCUT2D eigenvalue weighted by Crippen LogP contribution is 2.36. The smallest absolute Gasteiger partial charge is 0.0841 e. The van der Waals surface area contributed by atoms with Crippen molar-refractivity contribution in [3.8, 4) is 0 Å². The molecule has 6 nitrogen and oxygen atoms in total. The minimum absolute atomic E-state index is 0.0416. The quantitative estimate of drug-likeness (QED) is 0.833. The van der Waals surface area contributed by atoms with Crippen molar-refractivity contribution in [3.63, 3.8) is 0 Å². The molecule has 2 fully saturated rings. The standard InChI is InChI=1S/C19H26N4O2/c1-22-11-17(10-21-22)12-23-7-3-5-19(15-23)8-18(14-25-19)24-13-16-4-2-6-20-9-16/h2,4,6,9-11,18H,3,5,7-8,12-15H2,1H3/t18-,19+/m1/s1. The van der Waals surface area contributed by atoms with E-state index in [1.54, 1.807) is 6.20 Å². The van der Waals surface area contributed by atoms with Crippen molar-refractivity contribution in [3.05, 3.63) is 48.0 Å². The number of likely N-dealkylation sites (tertiary alicyclic amines) is 1. The first kappa shape index (κ1) is 16.7. The molecule has 2 aliphatic rings. The van der Waals surface area contributed by atoms with Gasteiger partial charge in [0.15, 0.2) is 0 Å². The molecule has 2 aromatic heterocycles. The zero-order valence-corrected chi connectivity index (χ0v) is 14.8. The Morgan fingerprint density at radius 3 is 3.12 bits per heavy atom. The Hall–Kier alpha value is -1.76. The molecule has 0 N–H and O–H groups in total. The van der Waals surface area contributed by atoms with Crippen molar-refractivity contribution < 1.29 is 9.47 Å². The van der Waals surface area contributed by atoms with Crippen molar-refractivity contribution in [1.29, 1.82) is 0 Å². The molecule has 4 rings (SSSR count). The van der Waals surface area contributed by atoms with Gasteiger partial charge in [0.25, 0.3) is 0 Å². The predicted molar refractivity (Wildman–Crippen MR) is 93.8 cm³/mol. The fourth-order valence-electron chi connectivity index (χ4n) is 4.03. The molecular weight excluding hydrogens is 316 g/mol. The largest absolute Gasteiger partial charge is 0.371 e. The number of hydrogen-bond donors (Lipinski definition) is 0. The van der Waals surface area contributed by atoms with Crippen molar-refractivity contribution >= 4 is 0 Å². The number of rotatable bonds is 5. The second kappa shape index (κ2) is 7.23. The number of nitrogens with zero attached hydrogens (tertiary/aromatic N) is 4. The SMILES string of the molecule is Cn1cc(CN2CCC[C@]3(C[C@@H](OCc4cccnc4)CO3)C2)cn1. The van der Waals surface area contributed by atoms with Gasteiger partial charge in [0.1, 0.15) is 0 Å². The molecule has 134 valence electrons. The molecule has 2 aromatic rings. The van der Waals surface area contributed by atoms with Crippen molar-refractivity contribution in [2.24, 2.45) is 7.05 Å². The predicted octanol–water partition coefficient (Wildman–Crippen LogP) is 2.16. The molecular formula is C19H26N4O2. The zero-order chi connectivity index (χ0) is 17.1. The normalized spacial score (nSPS) is 27.2. The van der Waals surface area contributed by atoms with Crippen molar-refractivity contribution in [2.45, 2.75) is 44.1 Å². The summed E-state index contributed by atoms with van der Waals surface area (Å²) >= 11 is 0. The maximum absolute atomic E-state index is 6.25. The Labute approximate surface area is 148 Å². The maximum atomic E-state index is 6.25. The van der Waals surface area contributed by atoms with Crippen LogP contribution in [-0.2, 0) is 29.7 Å². The van der Waals surface area contributed by atoms with E-state index in [0.29, 0.717) is 13.2 Å². The third-order valence-electron chi connectivity index (χ3n) is 5.17. The van der Waals surface area contributed by atoms with E-state index in [0.717, 1.165) is 38.0 Å². The summed E-state index contributed by atoms with van der Waals surface area (Å²) in [5, 5.41) is 4.27. The second-order valence-electron chi connectivity index (χ2n) is 7.33. The summed E-state index contributed by atoms with van der Waals surface area (Å²) in [6.45, 7) is 4.36. The van der Waals surface area contributed by atoms with Crippen LogP contribution in [0.3, 0.4) is 0 Å². The van der Waals surface area contributed by atoms with E-state index in [-0.39, 0.29) is 11.7 Å². The summed E-state index contributed by atoms with van der Waals surface area (Å²) < 4.78 is 14.2. The van der Waals surface area contributed by atoms with E-state index < -0.39 is 0 Å². The summed E-state index contributed by atoms with van der Waals surface area (Å²) in [5.74, 6) is 0. The van der Waals surface area contributed by atoms with Gasteiger partial charge in [-0.25, -0.2) is 0 Å². The van der Waals surface area contributed by atoms with Gasteiger partial charge in [0.05, 0.1) is 31.1 Å². The zero-order valence-electron chi connectivity index (χ0n) is 14.8. The fraction of sp³-hybridized carbons (Fsp3) is 0.579. The van der Waals surface area contributed by atoms with Crippen LogP contribution in [0.4, 0.5) is 0 Å². The van der Waals surface area contributed by atoms with E-state index in [1.807, 2.05) is 30.2 Å². The van der Waals surface area contributed by atoms with Gasteiger partial charge in [-0.15, -0.1) is 0 Å². The Morgan fingerprint density at radius 1 is 1.36 bits per heavy atom. The fourth-order valence-corrected chi connectivity index (χ4v) is 4.03. The molecule has 0 radical (unpaired) electrons. The van der Waals surface area contributed by atoms with E-state index in [9.17, 15) is 0 Å². The van der Waals surface area contributed by atoms with Crippen LogP contribution in [0.5, 0.6) is 0 Å². The monoisotopic (exact) mass is 342 g/mol. The number of ether oxygens (including phenoxy) is 2. The van der Waals surface area contributed by atoms with Gasteiger partial charge >= 0.3 is 0 Å². The van der Waals surface area contributed by atoms with Gasteiger partial charge in [-0.3, -0.25) is 14.6 Å². The lowest BCUT2D eigenvalue weighted by molar-refractivity contribution is -0.0548. The first-order chi connectivity index (χ1) is 12.2. The van der Waals surface area contributed by atoms with Crippen LogP contribution in [-0.4, -0.2) is 51.1 Å². The first-order valence-electron chi connectivity index (χ1n) is 9.05. The number of aryl methyl sites for hydroxylation is 1. The lowest BCUT2D eigenvalue weighted by Gasteiger charge is -2.39. The van der Waals surface area contributed by atoms with Gasteiger partial charge in [0, 0.05) is 50.7 Å². The Morgan fingerprint density at radius 2 is 2.32 bits per heavy atom. The average molecular weight is 342 g/mol. The molecule has 0 saturated carbocycles.